The molecular formula is C17H26N2O5S2. The smallest absolute Gasteiger partial charge is 0.211 e. The summed E-state index contributed by atoms with van der Waals surface area (Å²) in [4.78, 5) is 0. The van der Waals surface area contributed by atoms with E-state index in [1.54, 1.807) is 4.31 Å². The standard InChI is InChI=1S/C17H26N2O5S2/c1-25(20,21)19-15-8-9-16(19)13-14(12-15)18-26(22,23)11-5-10-24-17-6-3-2-4-7-17/h2-4,6-7,14-16,18H,5,8-13H2,1H3. The SMILES string of the molecule is CS(=O)(=O)N1C2CCC1CC(NS(=O)(=O)CCCOc1ccccc1)C2. The van der Waals surface area contributed by atoms with Crippen LogP contribution >= 0.6 is 0 Å². The molecule has 7 nitrogen and oxygen atoms in total. The monoisotopic (exact) mass is 402 g/mol. The van der Waals surface area contributed by atoms with Gasteiger partial charge in [0.2, 0.25) is 20.0 Å². The summed E-state index contributed by atoms with van der Waals surface area (Å²) in [6, 6.07) is 8.93. The number of para-hydroxylation sites is 1. The lowest BCUT2D eigenvalue weighted by Gasteiger charge is -2.37. The molecule has 0 aromatic heterocycles. The summed E-state index contributed by atoms with van der Waals surface area (Å²) in [5.41, 5.74) is 0. The number of hydrogen-bond acceptors (Lipinski definition) is 5. The van der Waals surface area contributed by atoms with E-state index in [9.17, 15) is 16.8 Å². The van der Waals surface area contributed by atoms with Gasteiger partial charge in [0.05, 0.1) is 18.6 Å². The highest BCUT2D eigenvalue weighted by molar-refractivity contribution is 7.89. The molecule has 2 saturated heterocycles. The normalized spacial score (nSPS) is 26.7. The molecule has 0 aliphatic carbocycles. The maximum absolute atomic E-state index is 12.3. The highest BCUT2D eigenvalue weighted by Crippen LogP contribution is 2.37. The van der Waals surface area contributed by atoms with Crippen LogP contribution in [0.5, 0.6) is 5.75 Å². The molecule has 1 aromatic rings. The number of benzene rings is 1. The minimum Gasteiger partial charge on any atom is -0.494 e. The number of piperidine rings is 1. The molecule has 2 bridgehead atoms. The van der Waals surface area contributed by atoms with Crippen LogP contribution in [0.25, 0.3) is 0 Å². The van der Waals surface area contributed by atoms with E-state index in [1.807, 2.05) is 30.3 Å². The Morgan fingerprint density at radius 1 is 1.08 bits per heavy atom. The van der Waals surface area contributed by atoms with Crippen molar-refractivity contribution < 1.29 is 21.6 Å². The molecule has 2 fully saturated rings. The number of ether oxygens (including phenoxy) is 1. The number of rotatable bonds is 8. The van der Waals surface area contributed by atoms with Crippen LogP contribution in [0.4, 0.5) is 0 Å². The van der Waals surface area contributed by atoms with E-state index in [0.717, 1.165) is 18.6 Å². The summed E-state index contributed by atoms with van der Waals surface area (Å²) in [6.07, 6.45) is 4.34. The Morgan fingerprint density at radius 3 is 2.27 bits per heavy atom. The number of sulfonamides is 2. The van der Waals surface area contributed by atoms with Gasteiger partial charge in [-0.25, -0.2) is 21.6 Å². The molecule has 146 valence electrons. The topological polar surface area (TPSA) is 92.8 Å². The van der Waals surface area contributed by atoms with Crippen LogP contribution < -0.4 is 9.46 Å². The van der Waals surface area contributed by atoms with Gasteiger partial charge in [-0.2, -0.15) is 4.31 Å². The van der Waals surface area contributed by atoms with Gasteiger partial charge >= 0.3 is 0 Å². The molecule has 1 aromatic carbocycles. The van der Waals surface area contributed by atoms with Gasteiger partial charge in [-0.3, -0.25) is 0 Å². The molecule has 3 rings (SSSR count). The molecule has 0 spiro atoms. The molecule has 9 heteroatoms. The van der Waals surface area contributed by atoms with Crippen molar-refractivity contribution in [1.29, 1.82) is 0 Å². The second kappa shape index (κ2) is 7.84. The Bertz CT molecular complexity index is 797. The average molecular weight is 403 g/mol. The fourth-order valence-electron chi connectivity index (χ4n) is 4.04. The summed E-state index contributed by atoms with van der Waals surface area (Å²) >= 11 is 0. The van der Waals surface area contributed by atoms with Crippen molar-refractivity contribution in [3.05, 3.63) is 30.3 Å². The third-order valence-corrected chi connectivity index (χ3v) is 7.85. The summed E-state index contributed by atoms with van der Waals surface area (Å²) < 4.78 is 58.3. The second-order valence-electron chi connectivity index (χ2n) is 7.10. The highest BCUT2D eigenvalue weighted by Gasteiger charge is 2.45. The Balaban J connectivity index is 1.46. The van der Waals surface area contributed by atoms with Gasteiger partial charge in [0.15, 0.2) is 0 Å². The van der Waals surface area contributed by atoms with E-state index >= 15 is 0 Å². The van der Waals surface area contributed by atoms with Crippen LogP contribution in [0.15, 0.2) is 30.3 Å². The largest absolute Gasteiger partial charge is 0.494 e. The Labute approximate surface area is 155 Å². The summed E-state index contributed by atoms with van der Waals surface area (Å²) in [7, 11) is -6.64. The van der Waals surface area contributed by atoms with Gasteiger partial charge < -0.3 is 4.74 Å². The number of fused-ring (bicyclic) bond motifs is 2. The first-order valence-electron chi connectivity index (χ1n) is 8.91. The van der Waals surface area contributed by atoms with Crippen molar-refractivity contribution in [1.82, 2.24) is 9.03 Å². The van der Waals surface area contributed by atoms with E-state index in [2.05, 4.69) is 4.72 Å². The highest BCUT2D eigenvalue weighted by atomic mass is 32.2. The van der Waals surface area contributed by atoms with Crippen LogP contribution in [-0.2, 0) is 20.0 Å². The maximum Gasteiger partial charge on any atom is 0.211 e. The zero-order valence-electron chi connectivity index (χ0n) is 14.9. The van der Waals surface area contributed by atoms with Crippen molar-refractivity contribution in [2.45, 2.75) is 50.2 Å². The minimum atomic E-state index is -3.41. The Hall–Kier alpha value is -1.16. The second-order valence-corrected chi connectivity index (χ2v) is 10.9. The van der Waals surface area contributed by atoms with Crippen molar-refractivity contribution in [3.8, 4) is 5.75 Å². The molecule has 0 radical (unpaired) electrons. The molecule has 0 amide bonds. The van der Waals surface area contributed by atoms with Crippen LogP contribution in [0, 0.1) is 0 Å². The van der Waals surface area contributed by atoms with Gasteiger partial charge in [-0.1, -0.05) is 18.2 Å². The van der Waals surface area contributed by atoms with Crippen molar-refractivity contribution in [2.75, 3.05) is 18.6 Å². The Morgan fingerprint density at radius 2 is 1.69 bits per heavy atom. The molecule has 2 heterocycles. The van der Waals surface area contributed by atoms with Crippen LogP contribution in [-0.4, -0.2) is 57.9 Å². The van der Waals surface area contributed by atoms with Gasteiger partial charge in [-0.15, -0.1) is 0 Å². The van der Waals surface area contributed by atoms with Crippen LogP contribution in [0.1, 0.15) is 32.1 Å². The van der Waals surface area contributed by atoms with E-state index in [-0.39, 0.29) is 23.9 Å². The lowest BCUT2D eigenvalue weighted by molar-refractivity contribution is 0.220. The van der Waals surface area contributed by atoms with E-state index < -0.39 is 20.0 Å². The van der Waals surface area contributed by atoms with Crippen LogP contribution in [0.3, 0.4) is 0 Å². The summed E-state index contributed by atoms with van der Waals surface area (Å²) in [5, 5.41) is 0. The molecule has 26 heavy (non-hydrogen) atoms. The van der Waals surface area contributed by atoms with Gasteiger partial charge in [0, 0.05) is 18.1 Å². The van der Waals surface area contributed by atoms with E-state index in [1.165, 1.54) is 6.26 Å². The molecule has 2 atom stereocenters. The maximum atomic E-state index is 12.3. The van der Waals surface area contributed by atoms with E-state index in [4.69, 9.17) is 4.74 Å². The first-order chi connectivity index (χ1) is 12.2. The number of nitrogens with one attached hydrogen (secondary N) is 1. The Kier molecular flexibility index (Phi) is 5.91. The average Bonchev–Trinajstić information content (AvgIpc) is 2.85. The third-order valence-electron chi connectivity index (χ3n) is 4.96. The zero-order chi connectivity index (χ0) is 18.8. The first kappa shape index (κ1) is 19.6. The summed E-state index contributed by atoms with van der Waals surface area (Å²) in [6.45, 7) is 0.336. The predicted molar refractivity (Wildman–Crippen MR) is 100.0 cm³/mol. The molecular weight excluding hydrogens is 376 g/mol. The van der Waals surface area contributed by atoms with Crippen molar-refractivity contribution in [2.24, 2.45) is 0 Å². The van der Waals surface area contributed by atoms with Gasteiger partial charge in [0.1, 0.15) is 5.75 Å². The third kappa shape index (κ3) is 4.97. The lowest BCUT2D eigenvalue weighted by Crippen LogP contribution is -2.52. The first-order valence-corrected chi connectivity index (χ1v) is 12.4. The van der Waals surface area contributed by atoms with Gasteiger partial charge in [0.25, 0.3) is 0 Å². The minimum absolute atomic E-state index is 0.00145. The fourth-order valence-corrected chi connectivity index (χ4v) is 6.82. The molecule has 2 aliphatic rings. The molecule has 1 N–H and O–H groups in total. The number of nitrogens with zero attached hydrogens (tertiary/aromatic N) is 1. The van der Waals surface area contributed by atoms with Gasteiger partial charge in [-0.05, 0) is 44.2 Å². The lowest BCUT2D eigenvalue weighted by atomic mass is 10.0. The van der Waals surface area contributed by atoms with Crippen molar-refractivity contribution >= 4 is 20.0 Å². The molecule has 2 unspecified atom stereocenters. The summed E-state index contributed by atoms with van der Waals surface area (Å²) in [5.74, 6) is 0.726. The fraction of sp³-hybridized carbons (Fsp3) is 0.647. The zero-order valence-corrected chi connectivity index (χ0v) is 16.5. The van der Waals surface area contributed by atoms with E-state index in [0.29, 0.717) is 25.9 Å². The quantitative estimate of drug-likeness (QED) is 0.662. The molecule has 0 saturated carbocycles. The van der Waals surface area contributed by atoms with Crippen molar-refractivity contribution in [3.63, 3.8) is 0 Å². The predicted octanol–water partition coefficient (Wildman–Crippen LogP) is 1.33. The number of hydrogen-bond donors (Lipinski definition) is 1. The van der Waals surface area contributed by atoms with Crippen LogP contribution in [0.2, 0.25) is 0 Å². The molecule has 2 aliphatic heterocycles.